The fourth-order valence-corrected chi connectivity index (χ4v) is 8.33. The van der Waals surface area contributed by atoms with Gasteiger partial charge in [0.05, 0.1) is 0 Å². The Morgan fingerprint density at radius 3 is 1.21 bits per heavy atom. The van der Waals surface area contributed by atoms with Crippen molar-refractivity contribution in [3.05, 3.63) is 106 Å². The molecule has 0 N–H and O–H groups in total. The van der Waals surface area contributed by atoms with Crippen LogP contribution in [0.15, 0.2) is 66.7 Å². The van der Waals surface area contributed by atoms with Crippen molar-refractivity contribution < 1.29 is 4.74 Å². The lowest BCUT2D eigenvalue weighted by molar-refractivity contribution is 0.438. The van der Waals surface area contributed by atoms with Crippen LogP contribution in [-0.4, -0.2) is 0 Å². The minimum absolute atomic E-state index is 0.00801. The van der Waals surface area contributed by atoms with Crippen molar-refractivity contribution >= 4 is 21.5 Å². The average molecular weight is 781 g/mol. The van der Waals surface area contributed by atoms with E-state index in [4.69, 9.17) is 4.74 Å². The second-order valence-corrected chi connectivity index (χ2v) is 21.8. The lowest BCUT2D eigenvalue weighted by atomic mass is 9.72. The van der Waals surface area contributed by atoms with Gasteiger partial charge in [-0.3, -0.25) is 0 Å². The summed E-state index contributed by atoms with van der Waals surface area (Å²) in [5.74, 6) is 1.89. The average Bonchev–Trinajstić information content (AvgIpc) is 3.19. The fraction of sp³-hybridized carbons (Fsp3) is 0.544. The Hall–Kier alpha value is -3.58. The van der Waals surface area contributed by atoms with E-state index >= 15 is 0 Å². The summed E-state index contributed by atoms with van der Waals surface area (Å²) in [4.78, 5) is 0. The van der Waals surface area contributed by atoms with Gasteiger partial charge < -0.3 is 4.74 Å². The van der Waals surface area contributed by atoms with E-state index < -0.39 is 0 Å². The van der Waals surface area contributed by atoms with Crippen molar-refractivity contribution in [3.8, 4) is 22.6 Å². The molecule has 0 unspecified atom stereocenters. The zero-order chi connectivity index (χ0) is 43.4. The molecule has 1 nitrogen and oxygen atoms in total. The minimum atomic E-state index is -0.0893. The molecule has 0 saturated carbocycles. The van der Waals surface area contributed by atoms with Gasteiger partial charge >= 0.3 is 0 Å². The van der Waals surface area contributed by atoms with Crippen molar-refractivity contribution in [2.24, 2.45) is 0 Å². The summed E-state index contributed by atoms with van der Waals surface area (Å²) in [7, 11) is 0. The van der Waals surface area contributed by atoms with Gasteiger partial charge in [0.2, 0.25) is 0 Å². The molecule has 58 heavy (non-hydrogen) atoms. The van der Waals surface area contributed by atoms with Crippen LogP contribution >= 0.6 is 0 Å². The number of benzene rings is 5. The number of hydrogen-bond donors (Lipinski definition) is 0. The molecule has 0 amide bonds. The second-order valence-electron chi connectivity index (χ2n) is 21.8. The third kappa shape index (κ3) is 8.54. The predicted octanol–water partition coefficient (Wildman–Crippen LogP) is 17.9. The zero-order valence-electron chi connectivity index (χ0n) is 40.5. The molecule has 0 atom stereocenters. The standard InChI is InChI=1S/C57H80O/c1-20-52(8,9)40-29-38-31-46(54(12,13)22-3)44(35-42(38)47(33-40)55(14,15)23-4)45-28-37(7)26-27-50(45)58-51-36-43-39(32-49(51)57(18,19)25-6)30-41(53(10,11)21-2)34-48(43)56(16,17)24-5/h26-36H,20-25H2,1-19H3. The second kappa shape index (κ2) is 16.1. The Balaban J connectivity index is 1.89. The largest absolute Gasteiger partial charge is 0.456 e. The van der Waals surface area contributed by atoms with Crippen LogP contribution in [0.25, 0.3) is 32.7 Å². The van der Waals surface area contributed by atoms with E-state index in [0.29, 0.717) is 0 Å². The van der Waals surface area contributed by atoms with Gasteiger partial charge in [-0.2, -0.15) is 0 Å². The summed E-state index contributed by atoms with van der Waals surface area (Å²) in [6, 6.07) is 26.8. The molecular formula is C57H80O. The third-order valence-corrected chi connectivity index (χ3v) is 15.6. The van der Waals surface area contributed by atoms with Crippen LogP contribution < -0.4 is 4.74 Å². The van der Waals surface area contributed by atoms with Crippen LogP contribution in [0.3, 0.4) is 0 Å². The van der Waals surface area contributed by atoms with Gasteiger partial charge in [0.25, 0.3) is 0 Å². The molecule has 5 aromatic carbocycles. The normalized spacial score (nSPS) is 13.5. The molecule has 314 valence electrons. The molecule has 0 aliphatic heterocycles. The molecule has 0 aliphatic carbocycles. The molecule has 0 aromatic heterocycles. The van der Waals surface area contributed by atoms with E-state index in [1.165, 1.54) is 71.6 Å². The van der Waals surface area contributed by atoms with Crippen molar-refractivity contribution in [3.63, 3.8) is 0 Å². The SMILES string of the molecule is CCC(C)(C)c1cc(C(C)(C)CC)c2cc(Oc3ccc(C)cc3-c3cc4c(C(C)(C)CC)cc(C(C)(C)CC)cc4cc3C(C)(C)CC)c(C(C)(C)CC)cc2c1. The van der Waals surface area contributed by atoms with Crippen LogP contribution in [0.5, 0.6) is 11.5 Å². The summed E-state index contributed by atoms with van der Waals surface area (Å²) >= 11 is 0. The number of aryl methyl sites for hydroxylation is 1. The van der Waals surface area contributed by atoms with Gasteiger partial charge in [-0.1, -0.05) is 161 Å². The van der Waals surface area contributed by atoms with Crippen molar-refractivity contribution in [2.75, 3.05) is 0 Å². The first-order chi connectivity index (χ1) is 26.8. The lowest BCUT2D eigenvalue weighted by Crippen LogP contribution is -2.21. The summed E-state index contributed by atoms with van der Waals surface area (Å²) in [5.41, 5.74) is 12.1. The van der Waals surface area contributed by atoms with Gasteiger partial charge in [0.15, 0.2) is 0 Å². The molecule has 5 aromatic rings. The number of fused-ring (bicyclic) bond motifs is 2. The first kappa shape index (κ1) is 45.5. The van der Waals surface area contributed by atoms with E-state index in [2.05, 4.69) is 198 Å². The zero-order valence-corrected chi connectivity index (χ0v) is 40.5. The summed E-state index contributed by atoms with van der Waals surface area (Å²) in [5, 5.41) is 5.33. The maximum absolute atomic E-state index is 7.48. The van der Waals surface area contributed by atoms with Gasteiger partial charge in [-0.15, -0.1) is 0 Å². The van der Waals surface area contributed by atoms with E-state index in [1.807, 2.05) is 0 Å². The highest BCUT2D eigenvalue weighted by Crippen LogP contribution is 2.49. The molecule has 0 spiro atoms. The molecule has 0 saturated heterocycles. The summed E-state index contributed by atoms with van der Waals surface area (Å²) in [6.07, 6.45) is 6.37. The summed E-state index contributed by atoms with van der Waals surface area (Å²) < 4.78 is 7.48. The molecule has 0 fully saturated rings. The Labute approximate surface area is 355 Å². The van der Waals surface area contributed by atoms with Crippen molar-refractivity contribution in [1.29, 1.82) is 0 Å². The highest BCUT2D eigenvalue weighted by atomic mass is 16.5. The number of rotatable bonds is 15. The third-order valence-electron chi connectivity index (χ3n) is 15.6. The molecular weight excluding hydrogens is 701 g/mol. The molecule has 5 rings (SSSR count). The van der Waals surface area contributed by atoms with Crippen LogP contribution in [-0.2, 0) is 32.5 Å². The Morgan fingerprint density at radius 2 is 0.759 bits per heavy atom. The van der Waals surface area contributed by atoms with Crippen LogP contribution in [0.2, 0.25) is 0 Å². The minimum Gasteiger partial charge on any atom is -0.456 e. The van der Waals surface area contributed by atoms with Crippen LogP contribution in [0.1, 0.15) is 202 Å². The number of hydrogen-bond acceptors (Lipinski definition) is 1. The smallest absolute Gasteiger partial charge is 0.135 e. The van der Waals surface area contributed by atoms with E-state index in [9.17, 15) is 0 Å². The maximum atomic E-state index is 7.48. The Morgan fingerprint density at radius 1 is 0.362 bits per heavy atom. The molecule has 0 bridgehead atoms. The molecule has 0 aliphatic rings. The van der Waals surface area contributed by atoms with Gasteiger partial charge in [0, 0.05) is 11.1 Å². The highest BCUT2D eigenvalue weighted by molar-refractivity contribution is 5.95. The van der Waals surface area contributed by atoms with Gasteiger partial charge in [0.1, 0.15) is 11.5 Å². The first-order valence-electron chi connectivity index (χ1n) is 22.9. The van der Waals surface area contributed by atoms with E-state index in [0.717, 1.165) is 50.0 Å². The van der Waals surface area contributed by atoms with Crippen molar-refractivity contribution in [1.82, 2.24) is 0 Å². The van der Waals surface area contributed by atoms with E-state index in [1.54, 1.807) is 0 Å². The van der Waals surface area contributed by atoms with Gasteiger partial charge in [-0.05, 0) is 169 Å². The maximum Gasteiger partial charge on any atom is 0.135 e. The lowest BCUT2D eigenvalue weighted by Gasteiger charge is -2.33. The summed E-state index contributed by atoms with van der Waals surface area (Å²) in [6.45, 7) is 45.0. The Kier molecular flexibility index (Phi) is 12.6. The van der Waals surface area contributed by atoms with E-state index in [-0.39, 0.29) is 32.5 Å². The van der Waals surface area contributed by atoms with Gasteiger partial charge in [-0.25, -0.2) is 0 Å². The quantitative estimate of drug-likeness (QED) is 0.103. The van der Waals surface area contributed by atoms with Crippen LogP contribution in [0, 0.1) is 6.92 Å². The van der Waals surface area contributed by atoms with Crippen molar-refractivity contribution in [2.45, 2.75) is 203 Å². The van der Waals surface area contributed by atoms with Crippen LogP contribution in [0.4, 0.5) is 0 Å². The molecule has 0 heterocycles. The molecule has 0 radical (unpaired) electrons. The number of ether oxygens (including phenoxy) is 1. The predicted molar refractivity (Wildman–Crippen MR) is 258 cm³/mol. The Bertz CT molecular complexity index is 2290. The monoisotopic (exact) mass is 781 g/mol. The highest BCUT2D eigenvalue weighted by Gasteiger charge is 2.32. The first-order valence-corrected chi connectivity index (χ1v) is 22.9. The fourth-order valence-electron chi connectivity index (χ4n) is 8.33. The topological polar surface area (TPSA) is 9.23 Å². The molecule has 1 heteroatoms.